The van der Waals surface area contributed by atoms with E-state index < -0.39 is 0 Å². The molecule has 22 heavy (non-hydrogen) atoms. The minimum Gasteiger partial charge on any atom is -0.493 e. The second-order valence-corrected chi connectivity index (χ2v) is 5.45. The van der Waals surface area contributed by atoms with Crippen molar-refractivity contribution in [2.75, 3.05) is 27.4 Å². The number of ether oxygens (including phenoxy) is 2. The molecule has 0 aliphatic carbocycles. The topological polar surface area (TPSA) is 59.0 Å². The summed E-state index contributed by atoms with van der Waals surface area (Å²) < 4.78 is 10.6. The number of nitrogens with zero attached hydrogens (tertiary/aromatic N) is 1. The second kappa shape index (κ2) is 7.51. The molecule has 0 radical (unpaired) electrons. The van der Waals surface area contributed by atoms with Crippen LogP contribution in [0.2, 0.25) is 5.02 Å². The molecule has 2 rings (SSSR count). The predicted molar refractivity (Wildman–Crippen MR) is 84.5 cm³/mol. The minimum absolute atomic E-state index is 0.0519. The van der Waals surface area contributed by atoms with E-state index in [9.17, 15) is 4.79 Å². The first-order chi connectivity index (χ1) is 10.6. The summed E-state index contributed by atoms with van der Waals surface area (Å²) in [6.07, 6.45) is 4.29. The van der Waals surface area contributed by atoms with Crippen LogP contribution in [0.5, 0.6) is 11.5 Å². The molecule has 0 unspecified atom stereocenters. The highest BCUT2D eigenvalue weighted by atomic mass is 35.5. The maximum atomic E-state index is 11.8. The summed E-state index contributed by atoms with van der Waals surface area (Å²) in [4.78, 5) is 13.8. The van der Waals surface area contributed by atoms with Crippen LogP contribution in [0.3, 0.4) is 0 Å². The highest BCUT2D eigenvalue weighted by molar-refractivity contribution is 6.31. The van der Waals surface area contributed by atoms with Gasteiger partial charge in [0.15, 0.2) is 17.3 Å². The summed E-state index contributed by atoms with van der Waals surface area (Å²) in [6.45, 7) is 0.750. The van der Waals surface area contributed by atoms with Crippen molar-refractivity contribution in [2.45, 2.75) is 18.9 Å². The van der Waals surface area contributed by atoms with Gasteiger partial charge in [0.1, 0.15) is 0 Å². The Morgan fingerprint density at radius 3 is 2.64 bits per heavy atom. The van der Waals surface area contributed by atoms with E-state index in [1.54, 1.807) is 32.6 Å². The van der Waals surface area contributed by atoms with Crippen molar-refractivity contribution in [1.29, 1.82) is 0 Å². The molecule has 1 aromatic rings. The zero-order valence-electron chi connectivity index (χ0n) is 12.7. The van der Waals surface area contributed by atoms with Gasteiger partial charge < -0.3 is 19.5 Å². The van der Waals surface area contributed by atoms with Gasteiger partial charge in [-0.3, -0.25) is 4.79 Å². The summed E-state index contributed by atoms with van der Waals surface area (Å²) in [5, 5.41) is 9.56. The molecule has 0 aromatic heterocycles. The number of aliphatic hydroxyl groups is 1. The zero-order chi connectivity index (χ0) is 16.1. The number of methoxy groups -OCH3 is 2. The Hall–Kier alpha value is -1.72. The van der Waals surface area contributed by atoms with E-state index in [1.807, 2.05) is 11.0 Å². The lowest BCUT2D eigenvalue weighted by Crippen LogP contribution is -2.30. The first-order valence-electron chi connectivity index (χ1n) is 7.09. The van der Waals surface area contributed by atoms with E-state index in [1.165, 1.54) is 0 Å². The van der Waals surface area contributed by atoms with Crippen molar-refractivity contribution in [1.82, 2.24) is 4.90 Å². The van der Waals surface area contributed by atoms with E-state index in [0.717, 1.165) is 5.56 Å². The van der Waals surface area contributed by atoms with Crippen LogP contribution in [0.15, 0.2) is 24.4 Å². The van der Waals surface area contributed by atoms with Gasteiger partial charge in [0.2, 0.25) is 0 Å². The standard InChI is InChI=1S/C16H20ClNO4/c1-21-15-9-12(13(17)10-16(15)22-2)14-8-11(20)4-6-18(14)5-3-7-19/h4,6,9-10,14,19H,3,5,7-8H2,1-2H3/t14-/m1/s1. The fraction of sp³-hybridized carbons (Fsp3) is 0.438. The molecular weight excluding hydrogens is 306 g/mol. The molecule has 1 heterocycles. The van der Waals surface area contributed by atoms with Crippen LogP contribution in [0.4, 0.5) is 0 Å². The molecule has 0 fully saturated rings. The van der Waals surface area contributed by atoms with Crippen molar-refractivity contribution < 1.29 is 19.4 Å². The number of hydrogen-bond acceptors (Lipinski definition) is 5. The van der Waals surface area contributed by atoms with Gasteiger partial charge >= 0.3 is 0 Å². The molecule has 6 heteroatoms. The van der Waals surface area contributed by atoms with Crippen molar-refractivity contribution in [3.8, 4) is 11.5 Å². The Bertz CT molecular complexity index is 574. The third kappa shape index (κ3) is 3.54. The molecule has 0 saturated carbocycles. The van der Waals surface area contributed by atoms with Gasteiger partial charge in [-0.25, -0.2) is 0 Å². The maximum absolute atomic E-state index is 11.8. The number of carbonyl (C=O) groups is 1. The van der Waals surface area contributed by atoms with Crippen molar-refractivity contribution in [2.24, 2.45) is 0 Å². The molecule has 1 aliphatic rings. The van der Waals surface area contributed by atoms with Crippen molar-refractivity contribution >= 4 is 17.4 Å². The molecule has 120 valence electrons. The van der Waals surface area contributed by atoms with Gasteiger partial charge in [-0.1, -0.05) is 11.6 Å². The third-order valence-corrected chi connectivity index (χ3v) is 4.01. The van der Waals surface area contributed by atoms with Crippen molar-refractivity contribution in [3.63, 3.8) is 0 Å². The average Bonchev–Trinajstić information content (AvgIpc) is 2.53. The first kappa shape index (κ1) is 16.6. The lowest BCUT2D eigenvalue weighted by Gasteiger charge is -2.33. The number of aliphatic hydroxyl groups excluding tert-OH is 1. The van der Waals surface area contributed by atoms with Gasteiger partial charge in [-0.2, -0.15) is 0 Å². The number of hydrogen-bond donors (Lipinski definition) is 1. The second-order valence-electron chi connectivity index (χ2n) is 5.05. The van der Waals surface area contributed by atoms with Crippen LogP contribution in [0.25, 0.3) is 0 Å². The summed E-state index contributed by atoms with van der Waals surface area (Å²) in [5.74, 6) is 1.18. The molecule has 0 bridgehead atoms. The number of ketones is 1. The quantitative estimate of drug-likeness (QED) is 0.871. The molecule has 5 nitrogen and oxygen atoms in total. The van der Waals surface area contributed by atoms with E-state index in [4.69, 9.17) is 26.2 Å². The lowest BCUT2D eigenvalue weighted by atomic mass is 9.96. The summed E-state index contributed by atoms with van der Waals surface area (Å²) in [6, 6.07) is 3.34. The third-order valence-electron chi connectivity index (χ3n) is 3.68. The summed E-state index contributed by atoms with van der Waals surface area (Å²) >= 11 is 6.37. The van der Waals surface area contributed by atoms with Crippen molar-refractivity contribution in [3.05, 3.63) is 35.0 Å². The molecule has 0 saturated heterocycles. The van der Waals surface area contributed by atoms with Crippen LogP contribution in [0, 0.1) is 0 Å². The molecule has 0 spiro atoms. The van der Waals surface area contributed by atoms with Crippen LogP contribution in [0.1, 0.15) is 24.4 Å². The van der Waals surface area contributed by atoms with Crippen LogP contribution in [-0.4, -0.2) is 43.2 Å². The highest BCUT2D eigenvalue weighted by Gasteiger charge is 2.27. The van der Waals surface area contributed by atoms with Gasteiger partial charge in [-0.05, 0) is 24.1 Å². The monoisotopic (exact) mass is 325 g/mol. The number of halogens is 1. The molecule has 1 N–H and O–H groups in total. The molecule has 1 aliphatic heterocycles. The number of allylic oxidation sites excluding steroid dienone is 1. The first-order valence-corrected chi connectivity index (χ1v) is 7.47. The van der Waals surface area contributed by atoms with Gasteiger partial charge in [0.05, 0.1) is 20.3 Å². The number of benzene rings is 1. The Kier molecular flexibility index (Phi) is 5.69. The summed E-state index contributed by atoms with van der Waals surface area (Å²) in [5.41, 5.74) is 0.815. The Labute approximate surface area is 135 Å². The van der Waals surface area contributed by atoms with Crippen LogP contribution >= 0.6 is 11.6 Å². The largest absolute Gasteiger partial charge is 0.493 e. The molecule has 1 aromatic carbocycles. The highest BCUT2D eigenvalue weighted by Crippen LogP contribution is 2.40. The van der Waals surface area contributed by atoms with E-state index in [0.29, 0.717) is 35.9 Å². The van der Waals surface area contributed by atoms with Gasteiger partial charge in [-0.15, -0.1) is 0 Å². The van der Waals surface area contributed by atoms with Crippen LogP contribution < -0.4 is 9.47 Å². The Morgan fingerprint density at radius 1 is 1.32 bits per heavy atom. The molecule has 1 atom stereocenters. The average molecular weight is 326 g/mol. The van der Waals surface area contributed by atoms with E-state index in [-0.39, 0.29) is 18.4 Å². The predicted octanol–water partition coefficient (Wildman–Crippen LogP) is 2.57. The Morgan fingerprint density at radius 2 is 2.00 bits per heavy atom. The molecule has 0 amide bonds. The summed E-state index contributed by atoms with van der Waals surface area (Å²) in [7, 11) is 3.11. The minimum atomic E-state index is -0.170. The molecular formula is C16H20ClNO4. The zero-order valence-corrected chi connectivity index (χ0v) is 13.5. The number of carbonyl (C=O) groups excluding carboxylic acids is 1. The lowest BCUT2D eigenvalue weighted by molar-refractivity contribution is -0.116. The SMILES string of the molecule is COc1cc(Cl)c([C@H]2CC(=O)C=CN2CCCO)cc1OC. The van der Waals surface area contributed by atoms with Gasteiger partial charge in [0, 0.05) is 36.9 Å². The smallest absolute Gasteiger partial charge is 0.162 e. The van der Waals surface area contributed by atoms with E-state index >= 15 is 0 Å². The normalized spacial score (nSPS) is 17.7. The van der Waals surface area contributed by atoms with Crippen LogP contribution in [-0.2, 0) is 4.79 Å². The Balaban J connectivity index is 2.38. The van der Waals surface area contributed by atoms with Gasteiger partial charge in [0.25, 0.3) is 0 Å². The fourth-order valence-corrected chi connectivity index (χ4v) is 2.84. The van der Waals surface area contributed by atoms with E-state index in [2.05, 4.69) is 0 Å². The number of rotatable bonds is 6. The fourth-order valence-electron chi connectivity index (χ4n) is 2.56. The maximum Gasteiger partial charge on any atom is 0.162 e.